The third-order valence-electron chi connectivity index (χ3n) is 7.49. The maximum absolute atomic E-state index is 12.9. The molecule has 0 amide bonds. The number of fused-ring (bicyclic) bond motifs is 3. The van der Waals surface area contributed by atoms with Gasteiger partial charge < -0.3 is 4.90 Å². The molecule has 0 radical (unpaired) electrons. The molecule has 0 unspecified atom stereocenters. The molecule has 0 spiro atoms. The van der Waals surface area contributed by atoms with Crippen molar-refractivity contribution >= 4 is 15.8 Å². The maximum atomic E-state index is 12.9. The maximum Gasteiger partial charge on any atom is 0.240 e. The lowest BCUT2D eigenvalue weighted by Gasteiger charge is -2.41. The van der Waals surface area contributed by atoms with E-state index in [-0.39, 0.29) is 17.5 Å². The minimum Gasteiger partial charge on any atom is -0.341 e. The van der Waals surface area contributed by atoms with Gasteiger partial charge in [-0.15, -0.1) is 10.2 Å². The Balaban J connectivity index is 1.42. The summed E-state index contributed by atoms with van der Waals surface area (Å²) in [6.07, 6.45) is 10.6. The molecule has 10 nitrogen and oxygen atoms in total. The molecule has 196 valence electrons. The molecule has 1 aliphatic carbocycles. The van der Waals surface area contributed by atoms with Crippen molar-refractivity contribution in [2.45, 2.75) is 69.5 Å². The van der Waals surface area contributed by atoms with E-state index in [0.29, 0.717) is 17.4 Å². The summed E-state index contributed by atoms with van der Waals surface area (Å²) in [5.74, 6) is 2.35. The summed E-state index contributed by atoms with van der Waals surface area (Å²) in [6, 6.07) is 10.6. The summed E-state index contributed by atoms with van der Waals surface area (Å²) in [7, 11) is -3.68. The highest BCUT2D eigenvalue weighted by Crippen LogP contribution is 2.44. The normalized spacial score (nSPS) is 17.4. The fraction of sp³-hybridized carbons (Fsp3) is 0.370. The highest BCUT2D eigenvalue weighted by atomic mass is 32.2. The average Bonchev–Trinajstić information content (AvgIpc) is 3.64. The van der Waals surface area contributed by atoms with Gasteiger partial charge in [-0.05, 0) is 49.9 Å². The number of nitrogens with one attached hydrogen (secondary N) is 1. The van der Waals surface area contributed by atoms with Crippen molar-refractivity contribution in [2.75, 3.05) is 4.90 Å². The summed E-state index contributed by atoms with van der Waals surface area (Å²) in [5.41, 5.74) is 3.17. The number of aryl methyl sites for hydroxylation is 1. The van der Waals surface area contributed by atoms with Gasteiger partial charge >= 0.3 is 0 Å². The van der Waals surface area contributed by atoms with Gasteiger partial charge in [-0.25, -0.2) is 23.1 Å². The zero-order valence-corrected chi connectivity index (χ0v) is 22.3. The largest absolute Gasteiger partial charge is 0.341 e. The van der Waals surface area contributed by atoms with Crippen molar-refractivity contribution in [2.24, 2.45) is 0 Å². The van der Waals surface area contributed by atoms with Gasteiger partial charge in [0.2, 0.25) is 10.0 Å². The van der Waals surface area contributed by atoms with Crippen LogP contribution >= 0.6 is 0 Å². The highest BCUT2D eigenvalue weighted by Gasteiger charge is 2.39. The molecule has 1 fully saturated rings. The third-order valence-corrected chi connectivity index (χ3v) is 8.91. The predicted molar refractivity (Wildman–Crippen MR) is 143 cm³/mol. The van der Waals surface area contributed by atoms with Gasteiger partial charge in [0.05, 0.1) is 16.6 Å². The first-order valence-corrected chi connectivity index (χ1v) is 14.5. The number of rotatable bonds is 7. The first-order chi connectivity index (χ1) is 18.5. The third kappa shape index (κ3) is 4.25. The molecule has 1 aromatic carbocycles. The fourth-order valence-electron chi connectivity index (χ4n) is 5.68. The number of sulfonamides is 1. The second kappa shape index (κ2) is 9.88. The second-order valence-corrected chi connectivity index (χ2v) is 11.6. The Bertz CT molecular complexity index is 1570. The number of hydrogen-bond donors (Lipinski definition) is 1. The molecule has 38 heavy (non-hydrogen) atoms. The zero-order chi connectivity index (χ0) is 26.3. The van der Waals surface area contributed by atoms with Crippen LogP contribution in [-0.2, 0) is 16.6 Å². The first kappa shape index (κ1) is 24.6. The molecule has 1 saturated carbocycles. The monoisotopic (exact) mass is 530 g/mol. The summed E-state index contributed by atoms with van der Waals surface area (Å²) in [6.45, 7) is 4.22. The van der Waals surface area contributed by atoms with Crippen LogP contribution in [0.2, 0.25) is 0 Å². The van der Waals surface area contributed by atoms with E-state index < -0.39 is 10.0 Å². The number of benzene rings is 1. The molecule has 4 heterocycles. The molecule has 4 aromatic rings. The molecular weight excluding hydrogens is 500 g/mol. The van der Waals surface area contributed by atoms with E-state index in [1.165, 1.54) is 12.8 Å². The van der Waals surface area contributed by atoms with Crippen molar-refractivity contribution in [3.05, 3.63) is 72.2 Å². The minimum absolute atomic E-state index is 0.0689. The molecule has 1 aliphatic heterocycles. The molecule has 1 N–H and O–H groups in total. The van der Waals surface area contributed by atoms with Gasteiger partial charge in [-0.1, -0.05) is 38.0 Å². The van der Waals surface area contributed by atoms with Crippen LogP contribution in [0, 0.1) is 6.92 Å². The van der Waals surface area contributed by atoms with Gasteiger partial charge in [-0.3, -0.25) is 9.55 Å². The fourth-order valence-corrected chi connectivity index (χ4v) is 6.71. The van der Waals surface area contributed by atoms with Crippen molar-refractivity contribution < 1.29 is 8.42 Å². The van der Waals surface area contributed by atoms with Crippen LogP contribution in [0.25, 0.3) is 17.1 Å². The van der Waals surface area contributed by atoms with Crippen LogP contribution in [0.4, 0.5) is 5.82 Å². The molecule has 3 aromatic heterocycles. The minimum atomic E-state index is -3.68. The van der Waals surface area contributed by atoms with Gasteiger partial charge in [0, 0.05) is 30.5 Å². The van der Waals surface area contributed by atoms with Crippen molar-refractivity contribution in [1.82, 2.24) is 34.4 Å². The number of aromatic nitrogens is 6. The van der Waals surface area contributed by atoms with Gasteiger partial charge in [0.1, 0.15) is 12.0 Å². The number of nitrogens with zero attached hydrogens (tertiary/aromatic N) is 7. The lowest BCUT2D eigenvalue weighted by molar-refractivity contribution is 0.468. The molecular formula is C27H30N8O2S. The van der Waals surface area contributed by atoms with Crippen LogP contribution in [0.5, 0.6) is 0 Å². The van der Waals surface area contributed by atoms with Crippen LogP contribution in [-0.4, -0.2) is 44.2 Å². The first-order valence-electron chi connectivity index (χ1n) is 13.0. The standard InChI is InChI=1S/C27H30N8O2S/c1-3-23-26-33-29-17-34(26)24-18(2)31-25(32-27(24)35(23)20-9-7-8-10-20)22-13-14-28-15-19(22)16-30-38(36,37)21-11-5-4-6-12-21/h4-6,11-15,17,20,23,30H,3,7-10,16H2,1-2H3/t23-/m1/s1. The average molecular weight is 531 g/mol. The number of pyridine rings is 1. The summed E-state index contributed by atoms with van der Waals surface area (Å²) < 4.78 is 30.5. The Hall–Kier alpha value is -3.70. The van der Waals surface area contributed by atoms with Gasteiger partial charge in [-0.2, -0.15) is 0 Å². The van der Waals surface area contributed by atoms with Crippen LogP contribution < -0.4 is 9.62 Å². The Morgan fingerprint density at radius 1 is 1.08 bits per heavy atom. The van der Waals surface area contributed by atoms with Crippen LogP contribution in [0.3, 0.4) is 0 Å². The molecule has 6 rings (SSSR count). The van der Waals surface area contributed by atoms with Crippen LogP contribution in [0.1, 0.15) is 62.2 Å². The van der Waals surface area contributed by atoms with E-state index in [1.54, 1.807) is 49.1 Å². The van der Waals surface area contributed by atoms with Crippen molar-refractivity contribution in [3.63, 3.8) is 0 Å². The summed E-state index contributed by atoms with van der Waals surface area (Å²) in [5, 5.41) is 8.71. The summed E-state index contributed by atoms with van der Waals surface area (Å²) >= 11 is 0. The van der Waals surface area contributed by atoms with E-state index in [2.05, 4.69) is 31.7 Å². The van der Waals surface area contributed by atoms with Gasteiger partial charge in [0.15, 0.2) is 17.5 Å². The topological polar surface area (TPSA) is 119 Å². The molecule has 1 atom stereocenters. The van der Waals surface area contributed by atoms with E-state index in [1.807, 2.05) is 17.6 Å². The smallest absolute Gasteiger partial charge is 0.240 e. The van der Waals surface area contributed by atoms with E-state index >= 15 is 0 Å². The lowest BCUT2D eigenvalue weighted by Crippen LogP contribution is -2.42. The van der Waals surface area contributed by atoms with Crippen molar-refractivity contribution in [3.8, 4) is 17.1 Å². The van der Waals surface area contributed by atoms with Crippen molar-refractivity contribution in [1.29, 1.82) is 0 Å². The Morgan fingerprint density at radius 2 is 1.87 bits per heavy atom. The Labute approximate surface area is 222 Å². The molecule has 11 heteroatoms. The predicted octanol–water partition coefficient (Wildman–Crippen LogP) is 4.12. The van der Waals surface area contributed by atoms with Crippen LogP contribution in [0.15, 0.2) is 60.0 Å². The van der Waals surface area contributed by atoms with E-state index in [4.69, 9.17) is 9.97 Å². The quantitative estimate of drug-likeness (QED) is 0.379. The molecule has 2 aliphatic rings. The van der Waals surface area contributed by atoms with Gasteiger partial charge in [0.25, 0.3) is 0 Å². The number of hydrogen-bond acceptors (Lipinski definition) is 8. The Kier molecular flexibility index (Phi) is 6.40. The Morgan fingerprint density at radius 3 is 2.63 bits per heavy atom. The van der Waals surface area contributed by atoms with E-state index in [9.17, 15) is 8.42 Å². The molecule has 0 saturated heterocycles. The summed E-state index contributed by atoms with van der Waals surface area (Å²) in [4.78, 5) is 16.9. The second-order valence-electron chi connectivity index (χ2n) is 9.80. The SMILES string of the molecule is CC[C@@H]1c2nncn2-c2c(C)nc(-c3ccncc3CNS(=O)(=O)c3ccccc3)nc2N1C1CCCC1. The zero-order valence-electron chi connectivity index (χ0n) is 21.4. The highest BCUT2D eigenvalue weighted by molar-refractivity contribution is 7.89. The molecule has 0 bridgehead atoms. The lowest BCUT2D eigenvalue weighted by atomic mass is 10.0. The van der Waals surface area contributed by atoms with E-state index in [0.717, 1.165) is 47.8 Å². The number of anilines is 1.